The molecule has 2 unspecified atom stereocenters. The minimum absolute atomic E-state index is 0.112. The lowest BCUT2D eigenvalue weighted by Gasteiger charge is -2.33. The molecule has 2 fully saturated rings. The predicted molar refractivity (Wildman–Crippen MR) is 67.1 cm³/mol. The van der Waals surface area contributed by atoms with Gasteiger partial charge in [0.2, 0.25) is 5.91 Å². The van der Waals surface area contributed by atoms with Gasteiger partial charge in [0.25, 0.3) is 0 Å². The molecule has 0 aromatic rings. The Morgan fingerprint density at radius 2 is 1.94 bits per heavy atom. The summed E-state index contributed by atoms with van der Waals surface area (Å²) >= 11 is 0. The number of aliphatic carboxylic acids is 1. The van der Waals surface area contributed by atoms with Gasteiger partial charge < -0.3 is 15.3 Å². The molecule has 5 heteroatoms. The summed E-state index contributed by atoms with van der Waals surface area (Å²) in [5.41, 5.74) is 0. The number of hydrogen-bond acceptors (Lipinski definition) is 3. The van der Waals surface area contributed by atoms with Crippen molar-refractivity contribution >= 4 is 11.9 Å². The Bertz CT molecular complexity index is 324. The third-order valence-electron chi connectivity index (χ3n) is 4.22. The summed E-state index contributed by atoms with van der Waals surface area (Å²) < 4.78 is 0. The van der Waals surface area contributed by atoms with Crippen molar-refractivity contribution in [2.75, 3.05) is 26.2 Å². The highest BCUT2D eigenvalue weighted by Gasteiger charge is 2.34. The second-order valence-electron chi connectivity index (χ2n) is 5.61. The molecule has 2 heterocycles. The third-order valence-corrected chi connectivity index (χ3v) is 4.22. The van der Waals surface area contributed by atoms with Crippen LogP contribution in [-0.4, -0.2) is 48.1 Å². The maximum atomic E-state index is 12.3. The molecule has 0 aromatic heterocycles. The Morgan fingerprint density at radius 1 is 1.28 bits per heavy atom. The molecule has 0 aromatic carbocycles. The number of piperidine rings is 1. The first-order valence-corrected chi connectivity index (χ1v) is 6.79. The summed E-state index contributed by atoms with van der Waals surface area (Å²) in [4.78, 5) is 24.9. The lowest BCUT2D eigenvalue weighted by Crippen LogP contribution is -2.43. The van der Waals surface area contributed by atoms with Crippen LogP contribution in [0.1, 0.15) is 26.2 Å². The lowest BCUT2D eigenvalue weighted by atomic mass is 9.91. The summed E-state index contributed by atoms with van der Waals surface area (Å²) in [5.74, 6) is 0.288. The summed E-state index contributed by atoms with van der Waals surface area (Å²) in [5, 5.41) is 12.0. The number of nitrogens with one attached hydrogen (secondary N) is 1. The second-order valence-corrected chi connectivity index (χ2v) is 5.61. The summed E-state index contributed by atoms with van der Waals surface area (Å²) in [7, 11) is 0. The van der Waals surface area contributed by atoms with Gasteiger partial charge in [0, 0.05) is 26.1 Å². The van der Waals surface area contributed by atoms with Gasteiger partial charge in [0.1, 0.15) is 0 Å². The highest BCUT2D eigenvalue weighted by Crippen LogP contribution is 2.24. The zero-order valence-electron chi connectivity index (χ0n) is 10.9. The maximum Gasteiger partial charge on any atom is 0.303 e. The molecule has 2 N–H and O–H groups in total. The molecule has 0 bridgehead atoms. The normalized spacial score (nSPS) is 29.5. The van der Waals surface area contributed by atoms with Gasteiger partial charge in [-0.05, 0) is 31.2 Å². The Kier molecular flexibility index (Phi) is 4.22. The van der Waals surface area contributed by atoms with Crippen molar-refractivity contribution in [2.24, 2.45) is 17.8 Å². The highest BCUT2D eigenvalue weighted by atomic mass is 16.4. The fraction of sp³-hybridized carbons (Fsp3) is 0.846. The standard InChI is InChI=1S/C13H22N2O3/c1-9-7-14-8-11(9)13(18)15-4-2-10(3-5-15)6-12(16)17/h9-11,14H,2-8H2,1H3,(H,16,17). The van der Waals surface area contributed by atoms with Gasteiger partial charge in [-0.15, -0.1) is 0 Å². The van der Waals surface area contributed by atoms with Gasteiger partial charge in [0.05, 0.1) is 5.92 Å². The van der Waals surface area contributed by atoms with Crippen LogP contribution in [-0.2, 0) is 9.59 Å². The molecule has 102 valence electrons. The van der Waals surface area contributed by atoms with E-state index >= 15 is 0 Å². The molecule has 0 radical (unpaired) electrons. The van der Waals surface area contributed by atoms with Crippen molar-refractivity contribution in [1.29, 1.82) is 0 Å². The average Bonchev–Trinajstić information content (AvgIpc) is 2.75. The highest BCUT2D eigenvalue weighted by molar-refractivity contribution is 5.80. The van der Waals surface area contributed by atoms with Crippen molar-refractivity contribution in [3.8, 4) is 0 Å². The predicted octanol–water partition coefficient (Wildman–Crippen LogP) is 0.555. The fourth-order valence-electron chi connectivity index (χ4n) is 2.98. The van der Waals surface area contributed by atoms with E-state index in [0.717, 1.165) is 39.0 Å². The minimum atomic E-state index is -0.728. The second kappa shape index (κ2) is 5.69. The van der Waals surface area contributed by atoms with Gasteiger partial charge in [-0.3, -0.25) is 9.59 Å². The summed E-state index contributed by atoms with van der Waals surface area (Å²) in [6, 6.07) is 0. The molecule has 2 rings (SSSR count). The van der Waals surface area contributed by atoms with Crippen molar-refractivity contribution in [3.05, 3.63) is 0 Å². The van der Waals surface area contributed by atoms with E-state index in [1.54, 1.807) is 0 Å². The van der Waals surface area contributed by atoms with Crippen LogP contribution in [0.4, 0.5) is 0 Å². The van der Waals surface area contributed by atoms with Crippen LogP contribution in [0.15, 0.2) is 0 Å². The first-order chi connectivity index (χ1) is 8.58. The summed E-state index contributed by atoms with van der Waals surface area (Å²) in [6.45, 7) is 5.26. The lowest BCUT2D eigenvalue weighted by molar-refractivity contribution is -0.139. The number of rotatable bonds is 3. The van der Waals surface area contributed by atoms with Gasteiger partial charge in [0.15, 0.2) is 0 Å². The number of carboxylic acids is 1. The fourth-order valence-corrected chi connectivity index (χ4v) is 2.98. The SMILES string of the molecule is CC1CNCC1C(=O)N1CCC(CC(=O)O)CC1. The van der Waals surface area contributed by atoms with E-state index < -0.39 is 5.97 Å². The Balaban J connectivity index is 1.82. The molecule has 2 atom stereocenters. The van der Waals surface area contributed by atoms with Crippen LogP contribution >= 0.6 is 0 Å². The number of carbonyl (C=O) groups excluding carboxylic acids is 1. The number of likely N-dealkylation sites (tertiary alicyclic amines) is 1. The molecule has 2 aliphatic heterocycles. The van der Waals surface area contributed by atoms with Crippen molar-refractivity contribution in [2.45, 2.75) is 26.2 Å². The number of hydrogen-bond donors (Lipinski definition) is 2. The number of carbonyl (C=O) groups is 2. The molecule has 0 aliphatic carbocycles. The zero-order valence-corrected chi connectivity index (χ0v) is 10.9. The monoisotopic (exact) mass is 254 g/mol. The van der Waals surface area contributed by atoms with Gasteiger partial charge in [-0.2, -0.15) is 0 Å². The summed E-state index contributed by atoms with van der Waals surface area (Å²) in [6.07, 6.45) is 1.89. The largest absolute Gasteiger partial charge is 0.481 e. The zero-order chi connectivity index (χ0) is 13.1. The molecule has 5 nitrogen and oxygen atoms in total. The number of nitrogens with zero attached hydrogens (tertiary/aromatic N) is 1. The molecular formula is C13H22N2O3. The number of amides is 1. The average molecular weight is 254 g/mol. The van der Waals surface area contributed by atoms with Crippen LogP contribution in [0, 0.1) is 17.8 Å². The van der Waals surface area contributed by atoms with Crippen molar-refractivity contribution in [1.82, 2.24) is 10.2 Å². The Morgan fingerprint density at radius 3 is 2.44 bits per heavy atom. The molecule has 2 saturated heterocycles. The van der Waals surface area contributed by atoms with Crippen LogP contribution in [0.25, 0.3) is 0 Å². The van der Waals surface area contributed by atoms with Gasteiger partial charge in [-0.25, -0.2) is 0 Å². The maximum absolute atomic E-state index is 12.3. The van der Waals surface area contributed by atoms with E-state index in [2.05, 4.69) is 12.2 Å². The van der Waals surface area contributed by atoms with Gasteiger partial charge in [-0.1, -0.05) is 6.92 Å². The van der Waals surface area contributed by atoms with Crippen molar-refractivity contribution < 1.29 is 14.7 Å². The van der Waals surface area contributed by atoms with E-state index in [9.17, 15) is 9.59 Å². The molecule has 0 saturated carbocycles. The van der Waals surface area contributed by atoms with Crippen LogP contribution < -0.4 is 5.32 Å². The quantitative estimate of drug-likeness (QED) is 0.772. The van der Waals surface area contributed by atoms with E-state index in [4.69, 9.17) is 5.11 Å². The number of carboxylic acid groups (broad SMARTS) is 1. The first-order valence-electron chi connectivity index (χ1n) is 6.79. The Hall–Kier alpha value is -1.10. The molecule has 0 spiro atoms. The van der Waals surface area contributed by atoms with Crippen LogP contribution in [0.2, 0.25) is 0 Å². The minimum Gasteiger partial charge on any atom is -0.481 e. The smallest absolute Gasteiger partial charge is 0.303 e. The topological polar surface area (TPSA) is 69.6 Å². The first kappa shape index (κ1) is 13.3. The van der Waals surface area contributed by atoms with Crippen LogP contribution in [0.3, 0.4) is 0 Å². The van der Waals surface area contributed by atoms with E-state index in [1.165, 1.54) is 0 Å². The molecule has 18 heavy (non-hydrogen) atoms. The van der Waals surface area contributed by atoms with E-state index in [-0.39, 0.29) is 24.2 Å². The van der Waals surface area contributed by atoms with E-state index in [0.29, 0.717) is 5.92 Å². The third kappa shape index (κ3) is 3.02. The molecule has 2 aliphatic rings. The van der Waals surface area contributed by atoms with Crippen molar-refractivity contribution in [3.63, 3.8) is 0 Å². The molecule has 1 amide bonds. The van der Waals surface area contributed by atoms with Gasteiger partial charge >= 0.3 is 5.97 Å². The molecular weight excluding hydrogens is 232 g/mol. The van der Waals surface area contributed by atoms with E-state index in [1.807, 2.05) is 4.90 Å². The Labute approximate surface area is 108 Å². The van der Waals surface area contributed by atoms with Crippen LogP contribution in [0.5, 0.6) is 0 Å².